The van der Waals surface area contributed by atoms with Gasteiger partial charge in [-0.25, -0.2) is 14.0 Å². The third kappa shape index (κ3) is 3.21. The van der Waals surface area contributed by atoms with E-state index >= 15 is 0 Å². The van der Waals surface area contributed by atoms with Crippen molar-refractivity contribution in [2.45, 2.75) is 6.04 Å². The van der Waals surface area contributed by atoms with E-state index in [9.17, 15) is 24.1 Å². The van der Waals surface area contributed by atoms with Gasteiger partial charge in [-0.2, -0.15) is 0 Å². The molecule has 1 unspecified atom stereocenters. The van der Waals surface area contributed by atoms with Gasteiger partial charge in [0.05, 0.1) is 22.6 Å². The van der Waals surface area contributed by atoms with Crippen LogP contribution in [0.15, 0.2) is 18.2 Å². The van der Waals surface area contributed by atoms with Crippen molar-refractivity contribution in [1.29, 1.82) is 0 Å². The molecular weight excluding hydrogens is 305 g/mol. The number of nitrogens with one attached hydrogen (secondary N) is 1. The fourth-order valence-corrected chi connectivity index (χ4v) is 2.90. The van der Waals surface area contributed by atoms with Crippen LogP contribution in [0, 0.1) is 15.9 Å². The van der Waals surface area contributed by atoms with Crippen molar-refractivity contribution in [1.82, 2.24) is 4.90 Å². The number of rotatable bonds is 3. The first-order valence-corrected chi connectivity index (χ1v) is 6.87. The van der Waals surface area contributed by atoms with Gasteiger partial charge in [0.25, 0.3) is 5.69 Å². The highest BCUT2D eigenvalue weighted by Gasteiger charge is 2.34. The number of nitrogens with zero attached hydrogens (tertiary/aromatic N) is 2. The van der Waals surface area contributed by atoms with Crippen LogP contribution in [-0.2, 0) is 4.79 Å². The van der Waals surface area contributed by atoms with E-state index in [1.165, 1.54) is 11.8 Å². The maximum atomic E-state index is 13.7. The van der Waals surface area contributed by atoms with E-state index in [4.69, 9.17) is 5.11 Å². The molecule has 1 aromatic carbocycles. The third-order valence-corrected chi connectivity index (χ3v) is 3.85. The number of non-ortho nitro benzene ring substituents is 1. The number of anilines is 1. The van der Waals surface area contributed by atoms with Crippen LogP contribution in [-0.4, -0.2) is 44.6 Å². The number of hydrogen-bond acceptors (Lipinski definition) is 5. The first-order chi connectivity index (χ1) is 9.90. The number of carboxylic acid groups (broad SMARTS) is 1. The number of carbonyl (C=O) groups is 2. The number of carboxylic acids is 1. The number of nitro groups is 1. The summed E-state index contributed by atoms with van der Waals surface area (Å²) in [4.78, 5) is 33.7. The molecule has 0 bridgehead atoms. The molecule has 1 aliphatic heterocycles. The molecule has 2 amide bonds. The number of benzene rings is 1. The van der Waals surface area contributed by atoms with Gasteiger partial charge in [0.15, 0.2) is 5.82 Å². The average Bonchev–Trinajstić information content (AvgIpc) is 2.90. The van der Waals surface area contributed by atoms with E-state index in [0.717, 1.165) is 17.0 Å². The molecule has 0 saturated carbocycles. The first kappa shape index (κ1) is 15.0. The van der Waals surface area contributed by atoms with Gasteiger partial charge in [-0.05, 0) is 6.07 Å². The fourth-order valence-electron chi connectivity index (χ4n) is 1.75. The lowest BCUT2D eigenvalue weighted by molar-refractivity contribution is -0.385. The molecule has 112 valence electrons. The van der Waals surface area contributed by atoms with Crippen molar-refractivity contribution in [3.8, 4) is 0 Å². The summed E-state index contributed by atoms with van der Waals surface area (Å²) in [6.45, 7) is 0. The lowest BCUT2D eigenvalue weighted by Crippen LogP contribution is -2.44. The quantitative estimate of drug-likeness (QED) is 0.648. The summed E-state index contributed by atoms with van der Waals surface area (Å²) in [6.07, 6.45) is 0. The molecule has 1 aromatic rings. The monoisotopic (exact) mass is 315 g/mol. The summed E-state index contributed by atoms with van der Waals surface area (Å²) in [5.41, 5.74) is -0.683. The molecular formula is C11H10FN3O5S. The van der Waals surface area contributed by atoms with Crippen LogP contribution in [0.5, 0.6) is 0 Å². The Labute approximate surface area is 122 Å². The van der Waals surface area contributed by atoms with E-state index in [1.807, 2.05) is 0 Å². The normalized spacial score (nSPS) is 17.6. The van der Waals surface area contributed by atoms with E-state index in [0.29, 0.717) is 6.07 Å². The number of carbonyl (C=O) groups excluding carboxylic acids is 1. The highest BCUT2D eigenvalue weighted by atomic mass is 32.2. The molecule has 0 radical (unpaired) electrons. The van der Waals surface area contributed by atoms with Crippen LogP contribution in [0.2, 0.25) is 0 Å². The van der Waals surface area contributed by atoms with Crippen molar-refractivity contribution in [3.05, 3.63) is 34.1 Å². The number of urea groups is 1. The Morgan fingerprint density at radius 2 is 2.24 bits per heavy atom. The third-order valence-electron chi connectivity index (χ3n) is 2.83. The van der Waals surface area contributed by atoms with Crippen LogP contribution >= 0.6 is 11.8 Å². The van der Waals surface area contributed by atoms with Gasteiger partial charge >= 0.3 is 12.0 Å². The molecule has 10 heteroatoms. The Morgan fingerprint density at radius 3 is 2.81 bits per heavy atom. The lowest BCUT2D eigenvalue weighted by Gasteiger charge is -2.20. The van der Waals surface area contributed by atoms with Crippen LogP contribution in [0.25, 0.3) is 0 Å². The van der Waals surface area contributed by atoms with Crippen molar-refractivity contribution < 1.29 is 24.0 Å². The molecule has 1 heterocycles. The number of thioether (sulfide) groups is 1. The predicted molar refractivity (Wildman–Crippen MR) is 72.7 cm³/mol. The van der Waals surface area contributed by atoms with E-state index < -0.39 is 34.5 Å². The van der Waals surface area contributed by atoms with Crippen molar-refractivity contribution in [2.75, 3.05) is 16.9 Å². The summed E-state index contributed by atoms with van der Waals surface area (Å²) in [5.74, 6) is -1.67. The molecule has 0 aliphatic carbocycles. The molecule has 21 heavy (non-hydrogen) atoms. The van der Waals surface area contributed by atoms with Gasteiger partial charge in [0, 0.05) is 11.8 Å². The van der Waals surface area contributed by atoms with Gasteiger partial charge in [-0.15, -0.1) is 11.8 Å². The second-order valence-electron chi connectivity index (χ2n) is 4.18. The Bertz CT molecular complexity index is 612. The molecule has 1 saturated heterocycles. The number of amides is 2. The molecule has 1 fully saturated rings. The summed E-state index contributed by atoms with van der Waals surface area (Å²) >= 11 is 1.27. The molecule has 2 N–H and O–H groups in total. The average molecular weight is 315 g/mol. The zero-order valence-corrected chi connectivity index (χ0v) is 11.3. The number of halogens is 1. The maximum Gasteiger partial charge on any atom is 0.327 e. The summed E-state index contributed by atoms with van der Waals surface area (Å²) in [7, 11) is 0. The van der Waals surface area contributed by atoms with Crippen LogP contribution in [0.3, 0.4) is 0 Å². The van der Waals surface area contributed by atoms with Crippen LogP contribution in [0.4, 0.5) is 20.6 Å². The maximum absolute atomic E-state index is 13.7. The van der Waals surface area contributed by atoms with Gasteiger partial charge in [0.1, 0.15) is 6.04 Å². The Balaban J connectivity index is 2.13. The lowest BCUT2D eigenvalue weighted by atomic mass is 10.2. The molecule has 8 nitrogen and oxygen atoms in total. The smallest absolute Gasteiger partial charge is 0.327 e. The van der Waals surface area contributed by atoms with Crippen molar-refractivity contribution in [3.63, 3.8) is 0 Å². The summed E-state index contributed by atoms with van der Waals surface area (Å²) in [6, 6.07) is 1.05. The second-order valence-corrected chi connectivity index (χ2v) is 5.17. The van der Waals surface area contributed by atoms with Gasteiger partial charge < -0.3 is 15.3 Å². The minimum absolute atomic E-state index is 0.178. The van der Waals surface area contributed by atoms with E-state index in [1.54, 1.807) is 0 Å². The SMILES string of the molecule is O=C(O)C1CSCN1C(=O)Nc1ccc([N+](=O)[O-])cc1F. The molecule has 0 spiro atoms. The van der Waals surface area contributed by atoms with Gasteiger partial charge in [-0.3, -0.25) is 10.1 Å². The number of hydrogen-bond donors (Lipinski definition) is 2. The van der Waals surface area contributed by atoms with Crippen molar-refractivity contribution >= 4 is 35.1 Å². The number of nitro benzene ring substituents is 1. The molecule has 1 aliphatic rings. The predicted octanol–water partition coefficient (Wildman–Crippen LogP) is 1.73. The molecule has 1 atom stereocenters. The van der Waals surface area contributed by atoms with Crippen LogP contribution < -0.4 is 5.32 Å². The first-order valence-electron chi connectivity index (χ1n) is 5.72. The fraction of sp³-hybridized carbons (Fsp3) is 0.273. The number of aliphatic carboxylic acids is 1. The largest absolute Gasteiger partial charge is 0.480 e. The summed E-state index contributed by atoms with van der Waals surface area (Å²) in [5, 5.41) is 21.7. The molecule has 2 rings (SSSR count). The van der Waals surface area contributed by atoms with Crippen LogP contribution in [0.1, 0.15) is 0 Å². The summed E-state index contributed by atoms with van der Waals surface area (Å²) < 4.78 is 13.7. The minimum atomic E-state index is -1.14. The van der Waals surface area contributed by atoms with Gasteiger partial charge in [0.2, 0.25) is 0 Å². The Kier molecular flexibility index (Phi) is 4.26. The second kappa shape index (κ2) is 5.95. The van der Waals surface area contributed by atoms with E-state index in [2.05, 4.69) is 5.32 Å². The Morgan fingerprint density at radius 1 is 1.52 bits per heavy atom. The van der Waals surface area contributed by atoms with Gasteiger partial charge in [-0.1, -0.05) is 0 Å². The minimum Gasteiger partial charge on any atom is -0.480 e. The highest BCUT2D eigenvalue weighted by Crippen LogP contribution is 2.24. The molecule has 0 aromatic heterocycles. The zero-order valence-electron chi connectivity index (χ0n) is 10.5. The Hall–Kier alpha value is -2.36. The van der Waals surface area contributed by atoms with E-state index in [-0.39, 0.29) is 17.3 Å². The standard InChI is InChI=1S/C11H10FN3O5S/c12-7-3-6(15(19)20)1-2-8(7)13-11(18)14-5-21-4-9(14)10(16)17/h1-3,9H,4-5H2,(H,13,18)(H,16,17). The highest BCUT2D eigenvalue weighted by molar-refractivity contribution is 7.99. The topological polar surface area (TPSA) is 113 Å². The van der Waals surface area contributed by atoms with Crippen molar-refractivity contribution in [2.24, 2.45) is 0 Å². The zero-order chi connectivity index (χ0) is 15.6.